The Kier molecular flexibility index (Phi) is 5.63. The summed E-state index contributed by atoms with van der Waals surface area (Å²) in [5.41, 5.74) is 3.73. The molecule has 0 aliphatic carbocycles. The maximum atomic E-state index is 6.05. The number of halogens is 1. The first-order valence-electron chi connectivity index (χ1n) is 7.34. The van der Waals surface area contributed by atoms with Crippen LogP contribution in [0, 0.1) is 0 Å². The van der Waals surface area contributed by atoms with Gasteiger partial charge in [0.2, 0.25) is 0 Å². The maximum absolute atomic E-state index is 6.05. The molecule has 0 spiro atoms. The fourth-order valence-electron chi connectivity index (χ4n) is 2.39. The molecule has 1 atom stereocenters. The van der Waals surface area contributed by atoms with Gasteiger partial charge in [0, 0.05) is 11.1 Å². The molecular formula is C18H22ClN. The van der Waals surface area contributed by atoms with E-state index < -0.39 is 0 Å². The second-order valence-corrected chi connectivity index (χ2v) is 5.48. The van der Waals surface area contributed by atoms with Crippen molar-refractivity contribution in [1.82, 2.24) is 5.32 Å². The van der Waals surface area contributed by atoms with E-state index in [1.54, 1.807) is 0 Å². The zero-order valence-corrected chi connectivity index (χ0v) is 13.0. The van der Waals surface area contributed by atoms with E-state index in [-0.39, 0.29) is 0 Å². The van der Waals surface area contributed by atoms with Gasteiger partial charge in [-0.1, -0.05) is 61.8 Å². The van der Waals surface area contributed by atoms with Gasteiger partial charge in [-0.25, -0.2) is 0 Å². The van der Waals surface area contributed by atoms with Crippen molar-refractivity contribution < 1.29 is 0 Å². The molecule has 0 saturated carbocycles. The van der Waals surface area contributed by atoms with Gasteiger partial charge < -0.3 is 5.32 Å². The van der Waals surface area contributed by atoms with Crippen LogP contribution in [-0.4, -0.2) is 6.54 Å². The minimum atomic E-state index is 0.448. The summed E-state index contributed by atoms with van der Waals surface area (Å²) in [4.78, 5) is 0. The van der Waals surface area contributed by atoms with E-state index in [4.69, 9.17) is 11.6 Å². The molecule has 0 saturated heterocycles. The lowest BCUT2D eigenvalue weighted by atomic mass is 9.99. The summed E-state index contributed by atoms with van der Waals surface area (Å²) in [6.07, 6.45) is 2.27. The first-order chi connectivity index (χ1) is 9.74. The van der Waals surface area contributed by atoms with Gasteiger partial charge in [-0.05, 0) is 48.2 Å². The van der Waals surface area contributed by atoms with Gasteiger partial charge in [0.1, 0.15) is 0 Å². The third kappa shape index (κ3) is 3.84. The second kappa shape index (κ2) is 7.47. The van der Waals surface area contributed by atoms with Crippen LogP contribution in [0.2, 0.25) is 5.02 Å². The van der Waals surface area contributed by atoms with E-state index in [9.17, 15) is 0 Å². The van der Waals surface area contributed by atoms with Crippen molar-refractivity contribution in [3.63, 3.8) is 0 Å². The molecule has 0 bridgehead atoms. The summed E-state index contributed by atoms with van der Waals surface area (Å²) < 4.78 is 0. The zero-order chi connectivity index (χ0) is 14.4. The molecule has 0 amide bonds. The van der Waals surface area contributed by atoms with Gasteiger partial charge in [-0.15, -0.1) is 0 Å². The van der Waals surface area contributed by atoms with Crippen LogP contribution in [0.4, 0.5) is 0 Å². The van der Waals surface area contributed by atoms with Gasteiger partial charge in [-0.2, -0.15) is 0 Å². The fraction of sp³-hybridized carbons (Fsp3) is 0.333. The number of hydrogen-bond donors (Lipinski definition) is 1. The molecule has 1 N–H and O–H groups in total. The Balaban J connectivity index is 2.17. The maximum Gasteiger partial charge on any atom is 0.0412 e. The van der Waals surface area contributed by atoms with Crippen LogP contribution in [-0.2, 0) is 0 Å². The van der Waals surface area contributed by atoms with Crippen molar-refractivity contribution >= 4 is 11.6 Å². The monoisotopic (exact) mass is 287 g/mol. The number of nitrogens with one attached hydrogen (secondary N) is 1. The molecule has 20 heavy (non-hydrogen) atoms. The number of benzene rings is 2. The van der Waals surface area contributed by atoms with Crippen LogP contribution in [0.3, 0.4) is 0 Å². The molecule has 0 radical (unpaired) electrons. The normalized spacial score (nSPS) is 12.3. The van der Waals surface area contributed by atoms with E-state index in [1.165, 1.54) is 16.7 Å². The van der Waals surface area contributed by atoms with Crippen molar-refractivity contribution in [2.45, 2.75) is 32.7 Å². The first kappa shape index (κ1) is 15.1. The van der Waals surface area contributed by atoms with E-state index in [2.05, 4.69) is 49.5 Å². The SMILES string of the molecule is CCCNC(CC)c1ccc(-c2cccc(Cl)c2)cc1. The summed E-state index contributed by atoms with van der Waals surface area (Å²) in [7, 11) is 0. The molecule has 106 valence electrons. The van der Waals surface area contributed by atoms with Gasteiger partial charge in [0.15, 0.2) is 0 Å². The smallest absolute Gasteiger partial charge is 0.0412 e. The van der Waals surface area contributed by atoms with Crippen LogP contribution in [0.15, 0.2) is 48.5 Å². The second-order valence-electron chi connectivity index (χ2n) is 5.05. The Labute approximate surface area is 127 Å². The quantitative estimate of drug-likeness (QED) is 0.744. The summed E-state index contributed by atoms with van der Waals surface area (Å²) in [5, 5.41) is 4.36. The van der Waals surface area contributed by atoms with Crippen molar-refractivity contribution in [3.05, 3.63) is 59.1 Å². The molecule has 2 heteroatoms. The minimum absolute atomic E-state index is 0.448. The van der Waals surface area contributed by atoms with Crippen molar-refractivity contribution in [2.75, 3.05) is 6.54 Å². The summed E-state index contributed by atoms with van der Waals surface area (Å²) in [6, 6.07) is 17.2. The highest BCUT2D eigenvalue weighted by molar-refractivity contribution is 6.30. The third-order valence-corrected chi connectivity index (χ3v) is 3.76. The van der Waals surface area contributed by atoms with Crippen molar-refractivity contribution in [2.24, 2.45) is 0 Å². The average Bonchev–Trinajstić information content (AvgIpc) is 2.49. The van der Waals surface area contributed by atoms with E-state index >= 15 is 0 Å². The van der Waals surface area contributed by atoms with E-state index in [0.29, 0.717) is 6.04 Å². The molecule has 2 aromatic rings. The van der Waals surface area contributed by atoms with Crippen LogP contribution in [0.5, 0.6) is 0 Å². The minimum Gasteiger partial charge on any atom is -0.310 e. The lowest BCUT2D eigenvalue weighted by Gasteiger charge is -2.17. The summed E-state index contributed by atoms with van der Waals surface area (Å²) in [5.74, 6) is 0. The Morgan fingerprint density at radius 1 is 1.00 bits per heavy atom. The average molecular weight is 288 g/mol. The Bertz CT molecular complexity index is 533. The third-order valence-electron chi connectivity index (χ3n) is 3.52. The molecule has 2 rings (SSSR count). The molecule has 1 unspecified atom stereocenters. The highest BCUT2D eigenvalue weighted by Gasteiger charge is 2.08. The zero-order valence-electron chi connectivity index (χ0n) is 12.2. The highest BCUT2D eigenvalue weighted by Crippen LogP contribution is 2.25. The van der Waals surface area contributed by atoms with Gasteiger partial charge in [0.05, 0.1) is 0 Å². The van der Waals surface area contributed by atoms with Gasteiger partial charge >= 0.3 is 0 Å². The molecule has 1 nitrogen and oxygen atoms in total. The van der Waals surface area contributed by atoms with E-state index in [1.807, 2.05) is 18.2 Å². The largest absolute Gasteiger partial charge is 0.310 e. The predicted molar refractivity (Wildman–Crippen MR) is 88.2 cm³/mol. The lowest BCUT2D eigenvalue weighted by Crippen LogP contribution is -2.21. The lowest BCUT2D eigenvalue weighted by molar-refractivity contribution is 0.518. The highest BCUT2D eigenvalue weighted by atomic mass is 35.5. The molecule has 0 fully saturated rings. The summed E-state index contributed by atoms with van der Waals surface area (Å²) in [6.45, 7) is 5.48. The Hall–Kier alpha value is -1.31. The topological polar surface area (TPSA) is 12.0 Å². The van der Waals surface area contributed by atoms with Crippen LogP contribution in [0.25, 0.3) is 11.1 Å². The molecule has 2 aromatic carbocycles. The fourth-order valence-corrected chi connectivity index (χ4v) is 2.58. The van der Waals surface area contributed by atoms with Gasteiger partial charge in [0.25, 0.3) is 0 Å². The first-order valence-corrected chi connectivity index (χ1v) is 7.71. The van der Waals surface area contributed by atoms with Crippen molar-refractivity contribution in [1.29, 1.82) is 0 Å². The molecule has 0 aliphatic rings. The molecule has 0 aliphatic heterocycles. The summed E-state index contributed by atoms with van der Waals surface area (Å²) >= 11 is 6.05. The van der Waals surface area contributed by atoms with Crippen LogP contribution < -0.4 is 5.32 Å². The van der Waals surface area contributed by atoms with Crippen LogP contribution >= 0.6 is 11.6 Å². The number of hydrogen-bond acceptors (Lipinski definition) is 1. The number of rotatable bonds is 6. The molecule has 0 aromatic heterocycles. The molecular weight excluding hydrogens is 266 g/mol. The standard InChI is InChI=1S/C18H22ClN/c1-3-12-20-18(4-2)15-10-8-14(9-11-15)16-6-5-7-17(19)13-16/h5-11,13,18,20H,3-4,12H2,1-2H3. The van der Waals surface area contributed by atoms with Crippen LogP contribution in [0.1, 0.15) is 38.3 Å². The van der Waals surface area contributed by atoms with E-state index in [0.717, 1.165) is 24.4 Å². The Morgan fingerprint density at radius 2 is 1.75 bits per heavy atom. The predicted octanol–water partition coefficient (Wildman–Crippen LogP) is 5.46. The van der Waals surface area contributed by atoms with Crippen molar-refractivity contribution in [3.8, 4) is 11.1 Å². The van der Waals surface area contributed by atoms with Gasteiger partial charge in [-0.3, -0.25) is 0 Å². The Morgan fingerprint density at radius 3 is 2.35 bits per heavy atom. The molecule has 0 heterocycles.